The fourth-order valence-corrected chi connectivity index (χ4v) is 3.65. The summed E-state index contributed by atoms with van der Waals surface area (Å²) in [6, 6.07) is 7.44. The molecule has 3 aromatic rings. The summed E-state index contributed by atoms with van der Waals surface area (Å²) in [7, 11) is -2.21. The molecule has 0 aliphatic carbocycles. The molecule has 0 aliphatic rings. The quantitative estimate of drug-likeness (QED) is 0.666. The van der Waals surface area contributed by atoms with Gasteiger partial charge in [-0.05, 0) is 44.2 Å². The third-order valence-corrected chi connectivity index (χ3v) is 5.87. The van der Waals surface area contributed by atoms with Crippen LogP contribution >= 0.6 is 0 Å². The van der Waals surface area contributed by atoms with Gasteiger partial charge in [0, 0.05) is 18.8 Å². The molecule has 3 rings (SSSR count). The van der Waals surface area contributed by atoms with Crippen LogP contribution in [-0.2, 0) is 16.6 Å². The molecule has 0 saturated heterocycles. The van der Waals surface area contributed by atoms with Crippen molar-refractivity contribution in [2.75, 3.05) is 12.4 Å². The molecular weight excluding hydrogens is 370 g/mol. The first-order chi connectivity index (χ1) is 12.8. The van der Waals surface area contributed by atoms with Gasteiger partial charge in [-0.25, -0.2) is 8.42 Å². The summed E-state index contributed by atoms with van der Waals surface area (Å²) in [6.07, 6.45) is 1.56. The Morgan fingerprint density at radius 2 is 1.93 bits per heavy atom. The van der Waals surface area contributed by atoms with Gasteiger partial charge in [-0.2, -0.15) is 9.40 Å². The van der Waals surface area contributed by atoms with E-state index in [9.17, 15) is 13.2 Å². The molecule has 2 aromatic heterocycles. The monoisotopic (exact) mass is 389 g/mol. The van der Waals surface area contributed by atoms with E-state index in [4.69, 9.17) is 4.52 Å². The second kappa shape index (κ2) is 7.33. The second-order valence-corrected chi connectivity index (χ2v) is 8.07. The summed E-state index contributed by atoms with van der Waals surface area (Å²) >= 11 is 0. The molecule has 0 bridgehead atoms. The maximum absolute atomic E-state index is 12.7. The van der Waals surface area contributed by atoms with Gasteiger partial charge in [-0.15, -0.1) is 0 Å². The zero-order valence-corrected chi connectivity index (χ0v) is 15.9. The van der Waals surface area contributed by atoms with E-state index in [1.807, 2.05) is 0 Å². The van der Waals surface area contributed by atoms with Crippen molar-refractivity contribution in [2.24, 2.45) is 0 Å². The number of aryl methyl sites for hydroxylation is 2. The largest absolute Gasteiger partial charge is 0.359 e. The van der Waals surface area contributed by atoms with Gasteiger partial charge >= 0.3 is 0 Å². The molecule has 0 spiro atoms. The molecule has 142 valence electrons. The Balaban J connectivity index is 1.75. The zero-order valence-electron chi connectivity index (χ0n) is 15.1. The Kier molecular flexibility index (Phi) is 5.10. The minimum absolute atomic E-state index is 0.0957. The number of hydrogen-bond acceptors (Lipinski definition) is 6. The Hall–Kier alpha value is -2.98. The van der Waals surface area contributed by atoms with Crippen molar-refractivity contribution in [1.29, 1.82) is 0 Å². The predicted molar refractivity (Wildman–Crippen MR) is 97.6 cm³/mol. The molecule has 0 fully saturated rings. The highest BCUT2D eigenvalue weighted by molar-refractivity contribution is 7.89. The van der Waals surface area contributed by atoms with Crippen LogP contribution in [0, 0.1) is 13.8 Å². The van der Waals surface area contributed by atoms with Crippen LogP contribution in [0.1, 0.15) is 27.5 Å². The summed E-state index contributed by atoms with van der Waals surface area (Å²) in [5, 5.41) is 13.0. The number of rotatable bonds is 6. The SMILES string of the molecule is Cc1noc(C)c1NC(=O)c1ccc(S(=O)(=O)N(C)Cc2ccn[nH]2)cc1. The summed E-state index contributed by atoms with van der Waals surface area (Å²) in [5.74, 6) is 0.125. The molecule has 0 aliphatic heterocycles. The number of aromatic amines is 1. The first-order valence-corrected chi connectivity index (χ1v) is 9.52. The number of sulfonamides is 1. The third kappa shape index (κ3) is 3.91. The average Bonchev–Trinajstić information content (AvgIpc) is 3.27. The molecule has 10 heteroatoms. The second-order valence-electron chi connectivity index (χ2n) is 6.02. The Morgan fingerprint density at radius 1 is 1.22 bits per heavy atom. The van der Waals surface area contributed by atoms with Gasteiger partial charge in [0.05, 0.1) is 17.1 Å². The number of carbonyl (C=O) groups is 1. The predicted octanol–water partition coefficient (Wildman–Crippen LogP) is 2.09. The molecule has 27 heavy (non-hydrogen) atoms. The van der Waals surface area contributed by atoms with Crippen LogP contribution in [0.25, 0.3) is 0 Å². The first kappa shape index (κ1) is 18.8. The van der Waals surface area contributed by atoms with E-state index in [2.05, 4.69) is 20.7 Å². The molecule has 0 atom stereocenters. The topological polar surface area (TPSA) is 121 Å². The minimum atomic E-state index is -3.69. The first-order valence-electron chi connectivity index (χ1n) is 8.08. The molecule has 2 N–H and O–H groups in total. The number of hydrogen-bond donors (Lipinski definition) is 2. The molecule has 0 radical (unpaired) electrons. The molecule has 0 unspecified atom stereocenters. The van der Waals surface area contributed by atoms with Gasteiger partial charge in [-0.3, -0.25) is 9.89 Å². The van der Waals surface area contributed by atoms with E-state index in [1.54, 1.807) is 26.1 Å². The van der Waals surface area contributed by atoms with E-state index >= 15 is 0 Å². The van der Waals surface area contributed by atoms with Gasteiger partial charge < -0.3 is 9.84 Å². The van der Waals surface area contributed by atoms with Crippen molar-refractivity contribution in [2.45, 2.75) is 25.3 Å². The number of benzene rings is 1. The summed E-state index contributed by atoms with van der Waals surface area (Å²) in [6.45, 7) is 3.58. The van der Waals surface area contributed by atoms with Crippen LogP contribution in [0.5, 0.6) is 0 Å². The van der Waals surface area contributed by atoms with Crippen molar-refractivity contribution >= 4 is 21.6 Å². The van der Waals surface area contributed by atoms with E-state index in [0.29, 0.717) is 28.4 Å². The van der Waals surface area contributed by atoms with Crippen LogP contribution in [0.4, 0.5) is 5.69 Å². The fourth-order valence-electron chi connectivity index (χ4n) is 2.50. The van der Waals surface area contributed by atoms with Crippen LogP contribution in [0.3, 0.4) is 0 Å². The summed E-state index contributed by atoms with van der Waals surface area (Å²) in [4.78, 5) is 12.5. The standard InChI is InChI=1S/C17H19N5O4S/c1-11-16(12(2)26-21-11)19-17(23)13-4-6-15(7-5-13)27(24,25)22(3)10-14-8-9-18-20-14/h4-9H,10H2,1-3H3,(H,18,20)(H,19,23). The average molecular weight is 389 g/mol. The van der Waals surface area contributed by atoms with E-state index < -0.39 is 10.0 Å². The number of carbonyl (C=O) groups excluding carboxylic acids is 1. The highest BCUT2D eigenvalue weighted by Crippen LogP contribution is 2.21. The van der Waals surface area contributed by atoms with Crippen molar-refractivity contribution in [1.82, 2.24) is 19.7 Å². The van der Waals surface area contributed by atoms with Crippen molar-refractivity contribution in [3.8, 4) is 0 Å². The highest BCUT2D eigenvalue weighted by Gasteiger charge is 2.22. The number of amides is 1. The lowest BCUT2D eigenvalue weighted by molar-refractivity contribution is 0.102. The molecule has 1 amide bonds. The number of anilines is 1. The van der Waals surface area contributed by atoms with Crippen molar-refractivity contribution in [3.63, 3.8) is 0 Å². The minimum Gasteiger partial charge on any atom is -0.359 e. The van der Waals surface area contributed by atoms with E-state index in [0.717, 1.165) is 0 Å². The summed E-state index contributed by atoms with van der Waals surface area (Å²) < 4.78 is 31.5. The van der Waals surface area contributed by atoms with E-state index in [1.165, 1.54) is 35.6 Å². The molecule has 9 nitrogen and oxygen atoms in total. The number of nitrogens with zero attached hydrogens (tertiary/aromatic N) is 3. The molecule has 2 heterocycles. The molecule has 0 saturated carbocycles. The highest BCUT2D eigenvalue weighted by atomic mass is 32.2. The lowest BCUT2D eigenvalue weighted by Gasteiger charge is -2.16. The Morgan fingerprint density at radius 3 is 2.48 bits per heavy atom. The van der Waals surface area contributed by atoms with Gasteiger partial charge in [0.15, 0.2) is 5.76 Å². The fraction of sp³-hybridized carbons (Fsp3) is 0.235. The number of nitrogens with one attached hydrogen (secondary N) is 2. The van der Waals surface area contributed by atoms with Gasteiger partial charge in [-0.1, -0.05) is 5.16 Å². The Bertz CT molecular complexity index is 1020. The smallest absolute Gasteiger partial charge is 0.255 e. The maximum Gasteiger partial charge on any atom is 0.255 e. The zero-order chi connectivity index (χ0) is 19.6. The molecule has 1 aromatic carbocycles. The lowest BCUT2D eigenvalue weighted by Crippen LogP contribution is -2.26. The molecular formula is C17H19N5O4S. The van der Waals surface area contributed by atoms with Crippen molar-refractivity contribution < 1.29 is 17.7 Å². The van der Waals surface area contributed by atoms with Gasteiger partial charge in [0.25, 0.3) is 5.91 Å². The normalized spacial score (nSPS) is 11.7. The summed E-state index contributed by atoms with van der Waals surface area (Å²) in [5.41, 5.74) is 2.08. The van der Waals surface area contributed by atoms with Crippen LogP contribution in [-0.4, -0.2) is 41.0 Å². The lowest BCUT2D eigenvalue weighted by atomic mass is 10.2. The van der Waals surface area contributed by atoms with Crippen LogP contribution in [0.2, 0.25) is 0 Å². The Labute approximate surface area is 156 Å². The number of aromatic nitrogens is 3. The maximum atomic E-state index is 12.7. The number of H-pyrrole nitrogens is 1. The van der Waals surface area contributed by atoms with E-state index in [-0.39, 0.29) is 17.3 Å². The van der Waals surface area contributed by atoms with Gasteiger partial charge in [0.1, 0.15) is 11.4 Å². The third-order valence-electron chi connectivity index (χ3n) is 4.05. The van der Waals surface area contributed by atoms with Crippen LogP contribution in [0.15, 0.2) is 45.9 Å². The van der Waals surface area contributed by atoms with Crippen molar-refractivity contribution in [3.05, 3.63) is 59.2 Å². The van der Waals surface area contributed by atoms with Gasteiger partial charge in [0.2, 0.25) is 10.0 Å². The van der Waals surface area contributed by atoms with Crippen LogP contribution < -0.4 is 5.32 Å².